The normalized spacial score (nSPS) is 13.9. The molecule has 712 valence electrons. The van der Waals surface area contributed by atoms with Crippen LogP contribution in [0.3, 0.4) is 0 Å². The second kappa shape index (κ2) is 34.0. The smallest absolute Gasteiger partial charge is 0.335 e. The number of carbonyl (C=O) groups is 2. The lowest BCUT2D eigenvalue weighted by Gasteiger charge is -2.30. The van der Waals surface area contributed by atoms with E-state index in [0.717, 1.165) is 129 Å². The zero-order chi connectivity index (χ0) is 102. The minimum Gasteiger partial charge on any atom is -0.421 e. The molecule has 0 unspecified atom stereocenters. The van der Waals surface area contributed by atoms with Gasteiger partial charge >= 0.3 is 11.9 Å². The van der Waals surface area contributed by atoms with Crippen LogP contribution in [0, 0.1) is 0 Å². The maximum Gasteiger partial charge on any atom is 0.335 e. The van der Waals surface area contributed by atoms with Crippen molar-refractivity contribution in [3.05, 3.63) is 520 Å². The van der Waals surface area contributed by atoms with Gasteiger partial charge < -0.3 is 37.5 Å². The molecule has 0 saturated carbocycles. The van der Waals surface area contributed by atoms with Gasteiger partial charge in [0, 0.05) is 96.2 Å². The second-order valence-electron chi connectivity index (χ2n) is 37.9. The van der Waals surface area contributed by atoms with Crippen molar-refractivity contribution in [2.75, 3.05) is 22.9 Å². The van der Waals surface area contributed by atoms with Gasteiger partial charge in [0.05, 0.1) is 133 Å². The van der Waals surface area contributed by atoms with Crippen LogP contribution in [-0.2, 0) is 15.0 Å². The van der Waals surface area contributed by atoms with Crippen LogP contribution < -0.4 is 63.7 Å². The Hall–Kier alpha value is -20.3. The van der Waals surface area contributed by atoms with Crippen LogP contribution in [0.2, 0.25) is 0 Å². The fraction of sp³-hybridized carbons (Fsp3) is 0.0394. The Morgan fingerprint density at radius 2 is 0.517 bits per heavy atom. The molecule has 149 heavy (non-hydrogen) atoms. The molecule has 0 atom stereocenters. The van der Waals surface area contributed by atoms with Gasteiger partial charge in [0.25, 0.3) is 44.5 Å². The molecule has 22 nitrogen and oxygen atoms in total. The fourth-order valence-electron chi connectivity index (χ4n) is 22.6. The average Bonchev–Trinajstić information content (AvgIpc) is 1.52. The Morgan fingerprint density at radius 1 is 0.262 bits per heavy atom. The molecule has 2 aliphatic rings. The summed E-state index contributed by atoms with van der Waals surface area (Å²) in [5.74, 6) is -2.48. The molecule has 0 bridgehead atoms. The van der Waals surface area contributed by atoms with Gasteiger partial charge in [0.15, 0.2) is 11.5 Å². The number of aromatic nitrogens is 8. The minimum absolute atomic E-state index is 0.177. The number of allylic oxidation sites excluding steroid dienone is 8. The van der Waals surface area contributed by atoms with Gasteiger partial charge in [0.2, 0.25) is 0 Å². The highest BCUT2D eigenvalue weighted by Gasteiger charge is 2.37. The summed E-state index contributed by atoms with van der Waals surface area (Å²) in [6.07, 6.45) is 17.3. The average molecular weight is 1940 g/mol. The number of anilines is 4. The van der Waals surface area contributed by atoms with Crippen molar-refractivity contribution in [2.24, 2.45) is 0 Å². The zero-order valence-corrected chi connectivity index (χ0v) is 80.1. The maximum atomic E-state index is 16.6. The molecule has 0 fully saturated rings. The standard InChI is InChI=1S/C127H82N10O12/c1-7-115(138)148-113-59-57-75(63-107(113)134-119(140)89-69-93-94(70-90(89)120(134)141)124(145)136(123(93)144)117-109(128-61-33-9-11-35-73(3)79-37-13-23-47-97(79)128)65-77(130-99-49-25-15-39-81(99)82-40-16-26-50-100(82)130)67-111(117)132-103-53-29-19-43-85(103)86-44-20-30-54-104(86)132)127(5,6)76-58-60-114(149-116(139)8-2)108(64-76)135-121(142)91-71-95-96(72-92(91)122(135)143)126(147)137(125(95)146)118-110(129-62-34-10-12-36-74(4)80-38-14-24-48-98(80)129)66-78(131-101-51-27-17-41-83(101)84-42-18-28-52-102(84)131)68-112(118)133-105-55-31-21-45-87(105)88-46-22-32-56-106(88)133/h7-60,63-72H,1-4,61-62H2,5-6H3/b33-9-,34-10-,35-11-,36-12-. The fourth-order valence-corrected chi connectivity index (χ4v) is 22.6. The number of para-hydroxylation sites is 10. The number of hydrogen-bond donors (Lipinski definition) is 0. The highest BCUT2D eigenvalue weighted by molar-refractivity contribution is 6.15. The van der Waals surface area contributed by atoms with Gasteiger partial charge in [-0.25, -0.2) is 27.9 Å². The van der Waals surface area contributed by atoms with Gasteiger partial charge in [-0.1, -0.05) is 283 Å². The summed E-state index contributed by atoms with van der Waals surface area (Å²) in [6, 6.07) is 102. The monoisotopic (exact) mass is 1940 g/mol. The van der Waals surface area contributed by atoms with E-state index in [-0.39, 0.29) is 90.4 Å². The van der Waals surface area contributed by atoms with E-state index in [1.165, 1.54) is 48.5 Å². The Bertz CT molecular complexity index is 9830. The van der Waals surface area contributed by atoms with Crippen LogP contribution in [0.4, 0.5) is 22.7 Å². The molecule has 26 rings (SSSR count). The van der Waals surface area contributed by atoms with Crippen molar-refractivity contribution in [2.45, 2.75) is 19.3 Å². The first-order chi connectivity index (χ1) is 72.6. The zero-order valence-electron chi connectivity index (χ0n) is 80.1. The van der Waals surface area contributed by atoms with Crippen molar-refractivity contribution in [1.29, 1.82) is 0 Å². The van der Waals surface area contributed by atoms with E-state index < -0.39 is 61.8 Å². The summed E-state index contributed by atoms with van der Waals surface area (Å²) in [4.78, 5) is 162. The van der Waals surface area contributed by atoms with E-state index in [0.29, 0.717) is 67.8 Å². The Kier molecular flexibility index (Phi) is 20.3. The molecule has 22 heteroatoms. The highest BCUT2D eigenvalue weighted by atomic mass is 16.5. The number of benzene rings is 16. The third-order valence-corrected chi connectivity index (χ3v) is 29.6. The molecule has 8 aromatic heterocycles. The lowest BCUT2D eigenvalue weighted by Crippen LogP contribution is -2.29. The van der Waals surface area contributed by atoms with Crippen LogP contribution in [0.15, 0.2) is 453 Å². The third kappa shape index (κ3) is 13.4. The summed E-state index contributed by atoms with van der Waals surface area (Å²) in [7, 11) is 0. The summed E-state index contributed by atoms with van der Waals surface area (Å²) in [5, 5.41) is 5.77. The van der Waals surface area contributed by atoms with E-state index in [1.54, 1.807) is 26.0 Å². The topological polar surface area (TPSA) is 235 Å². The number of esters is 2. The SMILES string of the molecule is C=CC(=O)Oc1ccc(C(C)(C)c2ccc(OC(=O)C=C)c(-n3c(=O)c4cc5c(=O)n(-c6c(N7C/C=C\C=C/C(=C)c8ccccc87)cc(-n7c8ccccc8c8ccccc87)cc6-n6c7ccccc7c7ccccc76)c(=O)c5cc4c3=O)c2)cc1-n1c(=O)c2cc3c(=O)n(-c4c(N5C/C=C\C=C/C(=C)c6ccccc65)cc(-n5c6ccccc6c6ccccc65)cc4-n4c5ccccc5c5ccccc54)c(=O)c3cc2c1=O. The molecule has 0 radical (unpaired) electrons. The number of carbonyl (C=O) groups excluding carboxylic acids is 2. The van der Waals surface area contributed by atoms with E-state index in [9.17, 15) is 9.59 Å². The van der Waals surface area contributed by atoms with Crippen molar-refractivity contribution < 1.29 is 19.1 Å². The van der Waals surface area contributed by atoms with Gasteiger partial charge in [0.1, 0.15) is 11.4 Å². The Balaban J connectivity index is 0.637. The molecule has 0 N–H and O–H groups in total. The number of nitrogens with zero attached hydrogens (tertiary/aromatic N) is 10. The number of rotatable bonds is 16. The number of fused-ring (bicyclic) bond motifs is 18. The maximum absolute atomic E-state index is 16.6. The van der Waals surface area contributed by atoms with Crippen molar-refractivity contribution in [1.82, 2.24) is 36.5 Å². The number of hydrogen-bond acceptors (Lipinski definition) is 14. The minimum atomic E-state index is -1.35. The van der Waals surface area contributed by atoms with E-state index in [2.05, 4.69) is 103 Å². The summed E-state index contributed by atoms with van der Waals surface area (Å²) in [6.45, 7) is 20.3. The molecular weight excluding hydrogens is 1860 g/mol. The first kappa shape index (κ1) is 88.9. The second-order valence-corrected chi connectivity index (χ2v) is 37.9. The van der Waals surface area contributed by atoms with Gasteiger partial charge in [-0.05, 0) is 156 Å². The van der Waals surface area contributed by atoms with Gasteiger partial charge in [-0.2, -0.15) is 0 Å². The predicted octanol–water partition coefficient (Wildman–Crippen LogP) is 23.5. The van der Waals surface area contributed by atoms with Crippen LogP contribution in [0.5, 0.6) is 11.5 Å². The molecular formula is C127H82N10O12. The Morgan fingerprint density at radius 3 is 0.805 bits per heavy atom. The summed E-state index contributed by atoms with van der Waals surface area (Å²) >= 11 is 0. The molecule has 0 spiro atoms. The van der Waals surface area contributed by atoms with Crippen molar-refractivity contribution >= 4 is 176 Å². The lowest BCUT2D eigenvalue weighted by molar-refractivity contribution is -0.129. The van der Waals surface area contributed by atoms with Gasteiger partial charge in [-0.3, -0.25) is 38.4 Å². The first-order valence-corrected chi connectivity index (χ1v) is 48.6. The van der Waals surface area contributed by atoms with Crippen LogP contribution in [0.25, 0.3) is 187 Å². The van der Waals surface area contributed by atoms with Crippen molar-refractivity contribution in [3.63, 3.8) is 0 Å². The predicted molar refractivity (Wildman–Crippen MR) is 598 cm³/mol. The molecule has 24 aromatic rings. The largest absolute Gasteiger partial charge is 0.421 e. The van der Waals surface area contributed by atoms with E-state index in [1.807, 2.05) is 267 Å². The van der Waals surface area contributed by atoms with Crippen LogP contribution >= 0.6 is 0 Å². The van der Waals surface area contributed by atoms with E-state index >= 15 is 38.4 Å². The Labute approximate surface area is 845 Å². The first-order valence-electron chi connectivity index (χ1n) is 48.6. The van der Waals surface area contributed by atoms with Gasteiger partial charge in [-0.15, -0.1) is 0 Å². The van der Waals surface area contributed by atoms with Crippen LogP contribution in [-0.4, -0.2) is 61.6 Å². The third-order valence-electron chi connectivity index (χ3n) is 29.6. The molecule has 0 aliphatic carbocycles. The van der Waals surface area contributed by atoms with Crippen LogP contribution in [0.1, 0.15) is 36.1 Å². The quantitative estimate of drug-likeness (QED) is 0.0497. The molecule has 0 saturated heterocycles. The molecule has 10 heterocycles. The molecule has 2 aliphatic heterocycles. The highest BCUT2D eigenvalue weighted by Crippen LogP contribution is 2.50. The summed E-state index contributed by atoms with van der Waals surface area (Å²) in [5.41, 5.74) is 6.14. The summed E-state index contributed by atoms with van der Waals surface area (Å²) < 4.78 is 24.3. The van der Waals surface area contributed by atoms with E-state index in [4.69, 9.17) is 9.47 Å². The molecule has 16 aromatic carbocycles. The number of ether oxygens (including phenoxy) is 2. The van der Waals surface area contributed by atoms with Crippen molar-refractivity contribution in [3.8, 4) is 57.0 Å². The lowest BCUT2D eigenvalue weighted by atomic mass is 9.77. The molecule has 0 amide bonds.